The molecule has 0 radical (unpaired) electrons. The van der Waals surface area contributed by atoms with Crippen molar-refractivity contribution in [3.05, 3.63) is 40.9 Å². The number of benzene rings is 1. The molecule has 1 aromatic carbocycles. The lowest BCUT2D eigenvalue weighted by Crippen LogP contribution is -1.88. The van der Waals surface area contributed by atoms with Crippen molar-refractivity contribution in [2.45, 2.75) is 6.92 Å². The molecule has 0 aliphatic heterocycles. The highest BCUT2D eigenvalue weighted by Gasteiger charge is 2.00. The van der Waals surface area contributed by atoms with Gasteiger partial charge in [-0.05, 0) is 24.6 Å². The van der Waals surface area contributed by atoms with E-state index in [-0.39, 0.29) is 0 Å². The van der Waals surface area contributed by atoms with Gasteiger partial charge in [0.1, 0.15) is 10.9 Å². The molecule has 0 aliphatic carbocycles. The van der Waals surface area contributed by atoms with Crippen LogP contribution in [0.15, 0.2) is 30.5 Å². The van der Waals surface area contributed by atoms with E-state index in [0.29, 0.717) is 4.88 Å². The third kappa shape index (κ3) is 2.33. The summed E-state index contributed by atoms with van der Waals surface area (Å²) < 4.78 is 0. The number of rotatable bonds is 2. The van der Waals surface area contributed by atoms with Gasteiger partial charge >= 0.3 is 0 Å². The Balaban J connectivity index is 2.19. The van der Waals surface area contributed by atoms with E-state index >= 15 is 0 Å². The van der Waals surface area contributed by atoms with Crippen LogP contribution in [0.3, 0.4) is 0 Å². The molecule has 0 saturated carbocycles. The van der Waals surface area contributed by atoms with Crippen molar-refractivity contribution in [3.63, 3.8) is 0 Å². The first-order valence-electron chi connectivity index (χ1n) is 4.47. The summed E-state index contributed by atoms with van der Waals surface area (Å²) in [5.41, 5.74) is 2.19. The molecule has 3 nitrogen and oxygen atoms in total. The summed E-state index contributed by atoms with van der Waals surface area (Å²) in [6, 6.07) is 10.1. The smallest absolute Gasteiger partial charge is 0.188 e. The van der Waals surface area contributed by atoms with Crippen LogP contribution < -0.4 is 5.32 Å². The molecule has 0 aliphatic rings. The van der Waals surface area contributed by atoms with Gasteiger partial charge in [0.2, 0.25) is 0 Å². The number of nitriles is 1. The average molecular weight is 215 g/mol. The highest BCUT2D eigenvalue weighted by molar-refractivity contribution is 7.16. The number of thiazole rings is 1. The summed E-state index contributed by atoms with van der Waals surface area (Å²) in [6.07, 6.45) is 1.57. The van der Waals surface area contributed by atoms with Crippen LogP contribution in [-0.4, -0.2) is 4.98 Å². The number of aromatic nitrogens is 1. The van der Waals surface area contributed by atoms with Gasteiger partial charge in [0.25, 0.3) is 0 Å². The van der Waals surface area contributed by atoms with Gasteiger partial charge < -0.3 is 5.32 Å². The van der Waals surface area contributed by atoms with E-state index in [2.05, 4.69) is 16.4 Å². The third-order valence-electron chi connectivity index (χ3n) is 1.89. The fraction of sp³-hybridized carbons (Fsp3) is 0.0909. The number of hydrogen-bond acceptors (Lipinski definition) is 4. The third-order valence-corrected chi connectivity index (χ3v) is 2.70. The maximum atomic E-state index is 8.65. The highest BCUT2D eigenvalue weighted by Crippen LogP contribution is 2.22. The van der Waals surface area contributed by atoms with Crippen molar-refractivity contribution in [2.75, 3.05) is 5.32 Å². The van der Waals surface area contributed by atoms with Crippen molar-refractivity contribution in [1.82, 2.24) is 4.98 Å². The topological polar surface area (TPSA) is 48.7 Å². The standard InChI is InChI=1S/C11H9N3S/c1-8-3-2-4-9(5-8)14-11-13-7-10(6-12)15-11/h2-5,7H,1H3,(H,13,14). The highest BCUT2D eigenvalue weighted by atomic mass is 32.1. The maximum Gasteiger partial charge on any atom is 0.188 e. The Hall–Kier alpha value is -1.86. The molecule has 0 amide bonds. The first-order valence-corrected chi connectivity index (χ1v) is 5.29. The quantitative estimate of drug-likeness (QED) is 0.837. The molecule has 74 valence electrons. The molecule has 2 aromatic rings. The summed E-state index contributed by atoms with van der Waals surface area (Å²) in [4.78, 5) is 4.71. The number of nitrogens with one attached hydrogen (secondary N) is 1. The Morgan fingerprint density at radius 1 is 1.47 bits per heavy atom. The summed E-state index contributed by atoms with van der Waals surface area (Å²) in [6.45, 7) is 2.04. The van der Waals surface area contributed by atoms with E-state index in [9.17, 15) is 0 Å². The van der Waals surface area contributed by atoms with Crippen molar-refractivity contribution in [2.24, 2.45) is 0 Å². The van der Waals surface area contributed by atoms with Crippen LogP contribution in [0.4, 0.5) is 10.8 Å². The second-order valence-electron chi connectivity index (χ2n) is 3.14. The lowest BCUT2D eigenvalue weighted by molar-refractivity contribution is 1.37. The van der Waals surface area contributed by atoms with Gasteiger partial charge in [-0.3, -0.25) is 0 Å². The molecule has 0 unspecified atom stereocenters. The van der Waals surface area contributed by atoms with E-state index < -0.39 is 0 Å². The van der Waals surface area contributed by atoms with Crippen LogP contribution >= 0.6 is 11.3 Å². The van der Waals surface area contributed by atoms with E-state index in [1.54, 1.807) is 6.20 Å². The van der Waals surface area contributed by atoms with Crippen LogP contribution in [-0.2, 0) is 0 Å². The SMILES string of the molecule is Cc1cccc(Nc2ncc(C#N)s2)c1. The molecule has 0 atom stereocenters. The zero-order valence-corrected chi connectivity index (χ0v) is 9.01. The molecule has 4 heteroatoms. The van der Waals surface area contributed by atoms with Crippen LogP contribution in [0.25, 0.3) is 0 Å². The molecule has 2 rings (SSSR count). The van der Waals surface area contributed by atoms with Crippen molar-refractivity contribution in [3.8, 4) is 6.07 Å². The summed E-state index contributed by atoms with van der Waals surface area (Å²) >= 11 is 1.35. The van der Waals surface area contributed by atoms with Gasteiger partial charge in [0.05, 0.1) is 6.20 Å². The maximum absolute atomic E-state index is 8.65. The van der Waals surface area contributed by atoms with Crippen molar-refractivity contribution in [1.29, 1.82) is 5.26 Å². The van der Waals surface area contributed by atoms with Gasteiger partial charge in [-0.1, -0.05) is 23.5 Å². The Labute approximate surface area is 92.0 Å². The van der Waals surface area contributed by atoms with Gasteiger partial charge in [-0.25, -0.2) is 4.98 Å². The van der Waals surface area contributed by atoms with Crippen molar-refractivity contribution < 1.29 is 0 Å². The first kappa shape index (κ1) is 9.69. The predicted molar refractivity (Wildman–Crippen MR) is 61.3 cm³/mol. The molecule has 0 fully saturated rings. The summed E-state index contributed by atoms with van der Waals surface area (Å²) in [5, 5.41) is 12.6. The normalized spacial score (nSPS) is 9.60. The lowest BCUT2D eigenvalue weighted by Gasteiger charge is -2.02. The number of anilines is 2. The fourth-order valence-electron chi connectivity index (χ4n) is 1.23. The van der Waals surface area contributed by atoms with Crippen LogP contribution in [0.1, 0.15) is 10.4 Å². The first-order chi connectivity index (χ1) is 7.28. The molecule has 0 bridgehead atoms. The van der Waals surface area contributed by atoms with Crippen LogP contribution in [0.2, 0.25) is 0 Å². The molecule has 0 saturated heterocycles. The van der Waals surface area contributed by atoms with Crippen LogP contribution in [0, 0.1) is 18.3 Å². The lowest BCUT2D eigenvalue weighted by atomic mass is 10.2. The molecule has 0 spiro atoms. The second kappa shape index (κ2) is 4.11. The predicted octanol–water partition coefficient (Wildman–Crippen LogP) is 3.07. The summed E-state index contributed by atoms with van der Waals surface area (Å²) in [7, 11) is 0. The van der Waals surface area contributed by atoms with Crippen LogP contribution in [0.5, 0.6) is 0 Å². The molecule has 15 heavy (non-hydrogen) atoms. The van der Waals surface area contributed by atoms with E-state index in [0.717, 1.165) is 10.8 Å². The molecule has 1 N–H and O–H groups in total. The Morgan fingerprint density at radius 3 is 3.00 bits per heavy atom. The zero-order valence-electron chi connectivity index (χ0n) is 8.19. The van der Waals surface area contributed by atoms with Gasteiger partial charge in [0, 0.05) is 5.69 Å². The Bertz CT molecular complexity index is 511. The number of aryl methyl sites for hydroxylation is 1. The Morgan fingerprint density at radius 2 is 2.33 bits per heavy atom. The number of hydrogen-bond donors (Lipinski definition) is 1. The minimum Gasteiger partial charge on any atom is -0.332 e. The van der Waals surface area contributed by atoms with E-state index in [4.69, 9.17) is 5.26 Å². The monoisotopic (exact) mass is 215 g/mol. The summed E-state index contributed by atoms with van der Waals surface area (Å²) in [5.74, 6) is 0. The van der Waals surface area contributed by atoms with E-state index in [1.807, 2.05) is 31.2 Å². The van der Waals surface area contributed by atoms with Gasteiger partial charge in [-0.2, -0.15) is 5.26 Å². The second-order valence-corrected chi connectivity index (χ2v) is 4.17. The molecular formula is C11H9N3S. The minimum atomic E-state index is 0.616. The molecule has 1 heterocycles. The minimum absolute atomic E-state index is 0.616. The fourth-order valence-corrected chi connectivity index (χ4v) is 1.86. The van der Waals surface area contributed by atoms with E-state index in [1.165, 1.54) is 16.9 Å². The van der Waals surface area contributed by atoms with Crippen molar-refractivity contribution >= 4 is 22.2 Å². The molecular weight excluding hydrogens is 206 g/mol. The van der Waals surface area contributed by atoms with Gasteiger partial charge in [-0.15, -0.1) is 0 Å². The van der Waals surface area contributed by atoms with Gasteiger partial charge in [0.15, 0.2) is 5.13 Å². The largest absolute Gasteiger partial charge is 0.332 e. The Kier molecular flexibility index (Phi) is 2.66. The number of nitrogens with zero attached hydrogens (tertiary/aromatic N) is 2. The average Bonchev–Trinajstić information content (AvgIpc) is 2.65. The zero-order chi connectivity index (χ0) is 10.7. The molecule has 1 aromatic heterocycles.